The highest BCUT2D eigenvalue weighted by molar-refractivity contribution is 7.44. The van der Waals surface area contributed by atoms with E-state index in [-0.39, 0.29) is 24.9 Å². The summed E-state index contributed by atoms with van der Waals surface area (Å²) in [5.41, 5.74) is -0.498. The molecule has 0 aliphatic carbocycles. The van der Waals surface area contributed by atoms with Crippen LogP contribution in [0.15, 0.2) is 0 Å². The Morgan fingerprint density at radius 3 is 2.38 bits per heavy atom. The van der Waals surface area contributed by atoms with E-state index in [1.807, 2.05) is 0 Å². The molecular weight excluding hydrogens is 191 g/mol. The molecule has 0 saturated carbocycles. The van der Waals surface area contributed by atoms with Gasteiger partial charge in [-0.3, -0.25) is 4.79 Å². The zero-order chi connectivity index (χ0) is 10.5. The molecule has 5 heteroatoms. The van der Waals surface area contributed by atoms with Crippen molar-refractivity contribution in [1.82, 2.24) is 0 Å². The fourth-order valence-corrected chi connectivity index (χ4v) is 1.25. The van der Waals surface area contributed by atoms with Crippen molar-refractivity contribution in [3.8, 4) is 0 Å². The van der Waals surface area contributed by atoms with E-state index in [1.54, 1.807) is 20.8 Å². The predicted molar refractivity (Wildman–Crippen MR) is 50.0 cm³/mol. The molecule has 0 heterocycles. The van der Waals surface area contributed by atoms with Crippen molar-refractivity contribution in [1.29, 1.82) is 0 Å². The predicted octanol–water partition coefficient (Wildman–Crippen LogP) is 1.50. The molecule has 13 heavy (non-hydrogen) atoms. The maximum absolute atomic E-state index is 11.0. The molecule has 0 aliphatic rings. The van der Waals surface area contributed by atoms with Crippen molar-refractivity contribution in [2.75, 3.05) is 12.5 Å². The van der Waals surface area contributed by atoms with Crippen LogP contribution in [0.25, 0.3) is 0 Å². The first-order chi connectivity index (χ1) is 5.85. The lowest BCUT2D eigenvalue weighted by atomic mass is 10.2. The highest BCUT2D eigenvalue weighted by atomic mass is 31.1. The fourth-order valence-electron chi connectivity index (χ4n) is 0.679. The summed E-state index contributed by atoms with van der Waals surface area (Å²) in [5.74, 6) is -0.371. The number of ether oxygens (including phenoxy) is 1. The van der Waals surface area contributed by atoms with E-state index in [9.17, 15) is 9.36 Å². The summed E-state index contributed by atoms with van der Waals surface area (Å²) in [5, 5.41) is 8.44. The molecule has 0 aromatic rings. The number of aliphatic hydroxyl groups excluding tert-OH is 1. The van der Waals surface area contributed by atoms with Crippen LogP contribution < -0.4 is 0 Å². The van der Waals surface area contributed by atoms with Crippen LogP contribution in [0.5, 0.6) is 0 Å². The van der Waals surface area contributed by atoms with Gasteiger partial charge < -0.3 is 9.84 Å². The molecule has 76 valence electrons. The maximum atomic E-state index is 11.0. The summed E-state index contributed by atoms with van der Waals surface area (Å²) >= 11 is 0. The summed E-state index contributed by atoms with van der Waals surface area (Å²) in [6.45, 7) is 5.32. The number of hydrogen-bond donors (Lipinski definition) is 1. The molecule has 1 unspecified atom stereocenters. The van der Waals surface area contributed by atoms with E-state index in [2.05, 4.69) is 0 Å². The van der Waals surface area contributed by atoms with Crippen molar-refractivity contribution in [2.24, 2.45) is 0 Å². The van der Waals surface area contributed by atoms with Gasteiger partial charge in [0.05, 0.1) is 6.42 Å². The number of carbonyl (C=O) groups is 1. The third kappa shape index (κ3) is 7.88. The van der Waals surface area contributed by atoms with Gasteiger partial charge >= 0.3 is 13.8 Å². The Labute approximate surface area is 79.1 Å². The molecule has 4 nitrogen and oxygen atoms in total. The zero-order valence-electron chi connectivity index (χ0n) is 8.24. The summed E-state index contributed by atoms with van der Waals surface area (Å²) < 4.78 is 15.8. The highest BCUT2D eigenvalue weighted by Crippen LogP contribution is 2.20. The highest BCUT2D eigenvalue weighted by Gasteiger charge is 2.20. The molecule has 0 aliphatic heterocycles. The molecule has 0 bridgehead atoms. The molecular formula is C8H16O4P+. The first-order valence-electron chi connectivity index (χ1n) is 4.10. The number of carbonyl (C=O) groups excluding carboxylic acids is 1. The Bertz CT molecular complexity index is 195. The van der Waals surface area contributed by atoms with Gasteiger partial charge in [0.2, 0.25) is 6.35 Å². The largest absolute Gasteiger partial charge is 0.460 e. The van der Waals surface area contributed by atoms with Crippen molar-refractivity contribution in [3.05, 3.63) is 0 Å². The van der Waals surface area contributed by atoms with E-state index >= 15 is 0 Å². The quantitative estimate of drug-likeness (QED) is 0.560. The Kier molecular flexibility index (Phi) is 5.11. The molecule has 0 amide bonds. The zero-order valence-corrected chi connectivity index (χ0v) is 9.13. The van der Waals surface area contributed by atoms with Gasteiger partial charge in [-0.2, -0.15) is 0 Å². The summed E-state index contributed by atoms with van der Waals surface area (Å²) in [6.07, 6.45) is -0.0636. The van der Waals surface area contributed by atoms with Crippen LogP contribution >= 0.6 is 7.80 Å². The smallest absolute Gasteiger partial charge is 0.367 e. The topological polar surface area (TPSA) is 63.6 Å². The van der Waals surface area contributed by atoms with Gasteiger partial charge in [-0.15, -0.1) is 0 Å². The lowest BCUT2D eigenvalue weighted by Gasteiger charge is -2.18. The van der Waals surface area contributed by atoms with Gasteiger partial charge in [0.25, 0.3) is 0 Å². The number of esters is 1. The van der Waals surface area contributed by atoms with Crippen LogP contribution in [0.3, 0.4) is 0 Å². The average molecular weight is 207 g/mol. The lowest BCUT2D eigenvalue weighted by molar-refractivity contribution is -0.154. The van der Waals surface area contributed by atoms with E-state index < -0.39 is 13.4 Å². The number of rotatable bonds is 4. The van der Waals surface area contributed by atoms with Gasteiger partial charge in [-0.1, -0.05) is 4.57 Å². The molecule has 0 radical (unpaired) electrons. The Morgan fingerprint density at radius 1 is 1.46 bits per heavy atom. The minimum absolute atomic E-state index is 0.104. The van der Waals surface area contributed by atoms with Crippen molar-refractivity contribution < 1.29 is 19.2 Å². The fraction of sp³-hybridized carbons (Fsp3) is 0.875. The van der Waals surface area contributed by atoms with Crippen LogP contribution in [0.2, 0.25) is 0 Å². The number of aliphatic hydroxyl groups is 1. The van der Waals surface area contributed by atoms with Crippen molar-refractivity contribution in [3.63, 3.8) is 0 Å². The first-order valence-corrected chi connectivity index (χ1v) is 5.73. The number of hydrogen-bond acceptors (Lipinski definition) is 4. The lowest BCUT2D eigenvalue weighted by Crippen LogP contribution is -2.24. The molecule has 0 aromatic carbocycles. The standard InChI is InChI=1S/C8H16O4P/c1-8(2,3)12-7(10)4-5-13(11)6-9/h9H,4-6H2,1-3H3/q+1. The van der Waals surface area contributed by atoms with Gasteiger partial charge in [0, 0.05) is 0 Å². The van der Waals surface area contributed by atoms with E-state index in [0.717, 1.165) is 0 Å². The normalized spacial score (nSPS) is 12.5. The summed E-state index contributed by atoms with van der Waals surface area (Å²) in [7, 11) is -1.65. The van der Waals surface area contributed by atoms with Gasteiger partial charge in [0.1, 0.15) is 5.60 Å². The van der Waals surface area contributed by atoms with Gasteiger partial charge in [-0.25, -0.2) is 0 Å². The molecule has 0 aromatic heterocycles. The van der Waals surface area contributed by atoms with Gasteiger partial charge in [0.15, 0.2) is 6.16 Å². The second-order valence-corrected chi connectivity index (χ2v) is 5.38. The van der Waals surface area contributed by atoms with Crippen LogP contribution in [0.1, 0.15) is 27.2 Å². The molecule has 0 rings (SSSR count). The monoisotopic (exact) mass is 207 g/mol. The third-order valence-electron chi connectivity index (χ3n) is 1.14. The molecule has 1 atom stereocenters. The Morgan fingerprint density at radius 2 is 2.00 bits per heavy atom. The minimum Gasteiger partial charge on any atom is -0.460 e. The Hall–Kier alpha value is -0.470. The second kappa shape index (κ2) is 5.30. The summed E-state index contributed by atoms with van der Waals surface area (Å²) in [6, 6.07) is 0. The van der Waals surface area contributed by atoms with E-state index in [4.69, 9.17) is 9.84 Å². The SMILES string of the molecule is CC(C)(C)OC(=O)CC[P+](=O)CO. The van der Waals surface area contributed by atoms with Crippen molar-refractivity contribution in [2.45, 2.75) is 32.8 Å². The van der Waals surface area contributed by atoms with E-state index in [0.29, 0.717) is 0 Å². The van der Waals surface area contributed by atoms with Crippen LogP contribution in [-0.2, 0) is 14.1 Å². The second-order valence-electron chi connectivity index (χ2n) is 3.68. The maximum Gasteiger partial charge on any atom is 0.367 e. The minimum atomic E-state index is -1.65. The van der Waals surface area contributed by atoms with Crippen LogP contribution in [-0.4, -0.2) is 29.2 Å². The van der Waals surface area contributed by atoms with Gasteiger partial charge in [-0.05, 0) is 20.8 Å². The first kappa shape index (κ1) is 12.5. The molecule has 0 fully saturated rings. The average Bonchev–Trinajstić information content (AvgIpc) is 1.97. The van der Waals surface area contributed by atoms with Crippen LogP contribution in [0.4, 0.5) is 0 Å². The molecule has 0 spiro atoms. The third-order valence-corrected chi connectivity index (χ3v) is 2.18. The summed E-state index contributed by atoms with van der Waals surface area (Å²) in [4.78, 5) is 11.0. The van der Waals surface area contributed by atoms with E-state index in [1.165, 1.54) is 0 Å². The van der Waals surface area contributed by atoms with Crippen LogP contribution in [0, 0.1) is 0 Å². The molecule has 0 saturated heterocycles. The molecule has 1 N–H and O–H groups in total. The van der Waals surface area contributed by atoms with Crippen molar-refractivity contribution >= 4 is 13.8 Å². The Balaban J connectivity index is 3.71.